The lowest BCUT2D eigenvalue weighted by Gasteiger charge is -2.09. The smallest absolute Gasteiger partial charge is 0.358 e. The third kappa shape index (κ3) is 2.10. The van der Waals surface area contributed by atoms with Gasteiger partial charge < -0.3 is 9.84 Å². The lowest BCUT2D eigenvalue weighted by atomic mass is 10.2. The molecular weight excluding hydrogens is 234 g/mol. The molecule has 0 amide bonds. The Labute approximate surface area is 104 Å². The van der Waals surface area contributed by atoms with Gasteiger partial charge in [-0.3, -0.25) is 0 Å². The van der Waals surface area contributed by atoms with Crippen molar-refractivity contribution in [3.05, 3.63) is 41.2 Å². The van der Waals surface area contributed by atoms with Crippen molar-refractivity contribution in [2.45, 2.75) is 13.5 Å². The van der Waals surface area contributed by atoms with E-state index < -0.39 is 5.97 Å². The molecule has 94 valence electrons. The standard InChI is InChI=1S/C12H13N3O3/c1-8-11(12(16)17)13-14-15(8)10-6-4-3-5-9(10)7-18-2/h3-6H,7H2,1-2H3,(H,16,17). The molecule has 0 unspecified atom stereocenters. The molecule has 1 N–H and O–H groups in total. The van der Waals surface area contributed by atoms with Crippen LogP contribution in [0.25, 0.3) is 5.69 Å². The molecule has 1 aromatic heterocycles. The molecule has 6 nitrogen and oxygen atoms in total. The number of hydrogen-bond donors (Lipinski definition) is 1. The fourth-order valence-electron chi connectivity index (χ4n) is 1.75. The van der Waals surface area contributed by atoms with Crippen LogP contribution in [0.3, 0.4) is 0 Å². The van der Waals surface area contributed by atoms with E-state index in [0.29, 0.717) is 12.3 Å². The summed E-state index contributed by atoms with van der Waals surface area (Å²) in [5, 5.41) is 16.5. The first-order valence-corrected chi connectivity index (χ1v) is 5.38. The number of nitrogens with zero attached hydrogens (tertiary/aromatic N) is 3. The number of carboxylic acid groups (broad SMARTS) is 1. The molecule has 2 rings (SSSR count). The second-order valence-corrected chi connectivity index (χ2v) is 3.80. The molecular formula is C12H13N3O3. The maximum absolute atomic E-state index is 10.9. The third-order valence-corrected chi connectivity index (χ3v) is 2.62. The zero-order chi connectivity index (χ0) is 13.1. The van der Waals surface area contributed by atoms with Gasteiger partial charge in [-0.15, -0.1) is 5.10 Å². The van der Waals surface area contributed by atoms with E-state index in [9.17, 15) is 4.79 Å². The van der Waals surface area contributed by atoms with Crippen molar-refractivity contribution in [2.24, 2.45) is 0 Å². The van der Waals surface area contributed by atoms with Crippen LogP contribution in [-0.4, -0.2) is 33.2 Å². The van der Waals surface area contributed by atoms with E-state index in [4.69, 9.17) is 9.84 Å². The molecule has 0 aliphatic carbocycles. The molecule has 1 heterocycles. The Morgan fingerprint density at radius 1 is 1.44 bits per heavy atom. The van der Waals surface area contributed by atoms with E-state index in [1.54, 1.807) is 14.0 Å². The lowest BCUT2D eigenvalue weighted by Crippen LogP contribution is -2.05. The summed E-state index contributed by atoms with van der Waals surface area (Å²) in [4.78, 5) is 10.9. The molecule has 6 heteroatoms. The van der Waals surface area contributed by atoms with Gasteiger partial charge in [0.25, 0.3) is 0 Å². The normalized spacial score (nSPS) is 10.6. The quantitative estimate of drug-likeness (QED) is 0.884. The monoisotopic (exact) mass is 247 g/mol. The number of aromatic carboxylic acids is 1. The van der Waals surface area contributed by atoms with Crippen LogP contribution in [0.5, 0.6) is 0 Å². The Bertz CT molecular complexity index is 578. The van der Waals surface area contributed by atoms with Gasteiger partial charge in [-0.2, -0.15) is 0 Å². The van der Waals surface area contributed by atoms with Crippen molar-refractivity contribution in [3.63, 3.8) is 0 Å². The first kappa shape index (κ1) is 12.3. The van der Waals surface area contributed by atoms with Gasteiger partial charge in [0, 0.05) is 12.7 Å². The summed E-state index contributed by atoms with van der Waals surface area (Å²) < 4.78 is 6.62. The highest BCUT2D eigenvalue weighted by Crippen LogP contribution is 2.17. The summed E-state index contributed by atoms with van der Waals surface area (Å²) in [6.07, 6.45) is 0. The van der Waals surface area contributed by atoms with E-state index in [0.717, 1.165) is 11.3 Å². The molecule has 2 aromatic rings. The fraction of sp³-hybridized carbons (Fsp3) is 0.250. The van der Waals surface area contributed by atoms with Crippen molar-refractivity contribution in [1.82, 2.24) is 15.0 Å². The highest BCUT2D eigenvalue weighted by atomic mass is 16.5. The summed E-state index contributed by atoms with van der Waals surface area (Å²) in [5.41, 5.74) is 2.15. The van der Waals surface area contributed by atoms with Gasteiger partial charge in [0.2, 0.25) is 0 Å². The van der Waals surface area contributed by atoms with Crippen molar-refractivity contribution in [3.8, 4) is 5.69 Å². The molecule has 0 bridgehead atoms. The van der Waals surface area contributed by atoms with Gasteiger partial charge in [-0.25, -0.2) is 9.48 Å². The number of carboxylic acids is 1. The van der Waals surface area contributed by atoms with Crippen LogP contribution in [0, 0.1) is 6.92 Å². The van der Waals surface area contributed by atoms with Crippen molar-refractivity contribution >= 4 is 5.97 Å². The maximum Gasteiger partial charge on any atom is 0.358 e. The van der Waals surface area contributed by atoms with E-state index in [-0.39, 0.29) is 5.69 Å². The Kier molecular flexibility index (Phi) is 3.38. The Morgan fingerprint density at radius 3 is 2.78 bits per heavy atom. The summed E-state index contributed by atoms with van der Waals surface area (Å²) in [6.45, 7) is 2.10. The average molecular weight is 247 g/mol. The van der Waals surface area contributed by atoms with Gasteiger partial charge in [0.15, 0.2) is 5.69 Å². The molecule has 0 radical (unpaired) electrons. The third-order valence-electron chi connectivity index (χ3n) is 2.62. The van der Waals surface area contributed by atoms with Crippen LogP contribution in [-0.2, 0) is 11.3 Å². The molecule has 1 aromatic carbocycles. The van der Waals surface area contributed by atoms with E-state index in [2.05, 4.69) is 10.3 Å². The maximum atomic E-state index is 10.9. The summed E-state index contributed by atoms with van der Waals surface area (Å²) >= 11 is 0. The van der Waals surface area contributed by atoms with Gasteiger partial charge in [0.1, 0.15) is 0 Å². The van der Waals surface area contributed by atoms with Gasteiger partial charge in [0.05, 0.1) is 18.0 Å². The Hall–Kier alpha value is -2.21. The highest BCUT2D eigenvalue weighted by Gasteiger charge is 2.17. The molecule has 0 aliphatic rings. The van der Waals surface area contributed by atoms with Crippen LogP contribution >= 0.6 is 0 Å². The number of hydrogen-bond acceptors (Lipinski definition) is 4. The van der Waals surface area contributed by atoms with Gasteiger partial charge >= 0.3 is 5.97 Å². The average Bonchev–Trinajstić information content (AvgIpc) is 2.72. The first-order valence-electron chi connectivity index (χ1n) is 5.38. The van der Waals surface area contributed by atoms with Crippen LogP contribution < -0.4 is 0 Å². The second kappa shape index (κ2) is 4.97. The fourth-order valence-corrected chi connectivity index (χ4v) is 1.75. The molecule has 0 aliphatic heterocycles. The Morgan fingerprint density at radius 2 is 2.17 bits per heavy atom. The minimum Gasteiger partial charge on any atom is -0.476 e. The minimum atomic E-state index is -1.08. The number of aromatic nitrogens is 3. The van der Waals surface area contributed by atoms with E-state index in [1.807, 2.05) is 24.3 Å². The highest BCUT2D eigenvalue weighted by molar-refractivity contribution is 5.86. The van der Waals surface area contributed by atoms with Crippen LogP contribution in [0.4, 0.5) is 0 Å². The predicted molar refractivity (Wildman–Crippen MR) is 63.8 cm³/mol. The molecule has 0 saturated heterocycles. The predicted octanol–water partition coefficient (Wildman–Crippen LogP) is 1.42. The topological polar surface area (TPSA) is 77.2 Å². The lowest BCUT2D eigenvalue weighted by molar-refractivity contribution is 0.0689. The molecule has 0 spiro atoms. The van der Waals surface area contributed by atoms with E-state index >= 15 is 0 Å². The number of rotatable bonds is 4. The summed E-state index contributed by atoms with van der Waals surface area (Å²) in [7, 11) is 1.60. The second-order valence-electron chi connectivity index (χ2n) is 3.80. The van der Waals surface area contributed by atoms with Crippen molar-refractivity contribution < 1.29 is 14.6 Å². The summed E-state index contributed by atoms with van der Waals surface area (Å²) in [5.74, 6) is -1.08. The Balaban J connectivity index is 2.52. The zero-order valence-electron chi connectivity index (χ0n) is 10.1. The van der Waals surface area contributed by atoms with E-state index in [1.165, 1.54) is 4.68 Å². The van der Waals surface area contributed by atoms with Crippen LogP contribution in [0.15, 0.2) is 24.3 Å². The van der Waals surface area contributed by atoms with Crippen LogP contribution in [0.1, 0.15) is 21.7 Å². The number of ether oxygens (including phenoxy) is 1. The largest absolute Gasteiger partial charge is 0.476 e. The number of carbonyl (C=O) groups is 1. The van der Waals surface area contributed by atoms with Gasteiger partial charge in [-0.1, -0.05) is 23.4 Å². The van der Waals surface area contributed by atoms with Crippen molar-refractivity contribution in [2.75, 3.05) is 7.11 Å². The van der Waals surface area contributed by atoms with Gasteiger partial charge in [-0.05, 0) is 13.0 Å². The SMILES string of the molecule is COCc1ccccc1-n1nnc(C(=O)O)c1C. The number of para-hydroxylation sites is 1. The van der Waals surface area contributed by atoms with Crippen LogP contribution in [0.2, 0.25) is 0 Å². The molecule has 18 heavy (non-hydrogen) atoms. The number of benzene rings is 1. The number of methoxy groups -OCH3 is 1. The first-order chi connectivity index (χ1) is 8.65. The molecule has 0 fully saturated rings. The minimum absolute atomic E-state index is 0.0396. The summed E-state index contributed by atoms with van der Waals surface area (Å²) in [6, 6.07) is 7.50. The van der Waals surface area contributed by atoms with Crippen molar-refractivity contribution in [1.29, 1.82) is 0 Å². The molecule has 0 saturated carbocycles. The zero-order valence-corrected chi connectivity index (χ0v) is 10.1. The molecule has 0 atom stereocenters.